The quantitative estimate of drug-likeness (QED) is 0.808. The van der Waals surface area contributed by atoms with E-state index < -0.39 is 6.04 Å². The number of hydrogen-bond acceptors (Lipinski definition) is 7. The van der Waals surface area contributed by atoms with Gasteiger partial charge in [0.25, 0.3) is 5.91 Å². The van der Waals surface area contributed by atoms with Gasteiger partial charge in [0.15, 0.2) is 0 Å². The lowest BCUT2D eigenvalue weighted by atomic mass is 10.1. The highest BCUT2D eigenvalue weighted by atomic mass is 16.5. The number of nitrogens with zero attached hydrogens (tertiary/aromatic N) is 5. The fourth-order valence-corrected chi connectivity index (χ4v) is 2.81. The molecular formula is C16H20N6O4. The van der Waals surface area contributed by atoms with Crippen molar-refractivity contribution in [2.45, 2.75) is 26.1 Å². The third kappa shape index (κ3) is 3.05. The predicted molar refractivity (Wildman–Crippen MR) is 89.7 cm³/mol. The Labute approximate surface area is 150 Å². The maximum Gasteiger partial charge on any atom is 0.257 e. The molecule has 0 fully saturated rings. The van der Waals surface area contributed by atoms with Crippen molar-refractivity contribution in [2.75, 3.05) is 21.3 Å². The van der Waals surface area contributed by atoms with Crippen LogP contribution in [0.3, 0.4) is 0 Å². The van der Waals surface area contributed by atoms with Crippen LogP contribution in [-0.2, 0) is 17.9 Å². The van der Waals surface area contributed by atoms with E-state index in [-0.39, 0.29) is 29.8 Å². The molecule has 10 nitrogen and oxygen atoms in total. The van der Waals surface area contributed by atoms with Crippen LogP contribution in [0.5, 0.6) is 11.8 Å². The van der Waals surface area contributed by atoms with E-state index >= 15 is 0 Å². The van der Waals surface area contributed by atoms with Gasteiger partial charge in [-0.05, 0) is 13.0 Å². The highest BCUT2D eigenvalue weighted by molar-refractivity contribution is 5.96. The summed E-state index contributed by atoms with van der Waals surface area (Å²) in [5.74, 6) is 0.150. The summed E-state index contributed by atoms with van der Waals surface area (Å²) >= 11 is 0. The molecular weight excluding hydrogens is 340 g/mol. The highest BCUT2D eigenvalue weighted by Gasteiger charge is 2.31. The lowest BCUT2D eigenvalue weighted by Crippen LogP contribution is -2.39. The van der Waals surface area contributed by atoms with E-state index in [2.05, 4.69) is 20.6 Å². The molecule has 2 aromatic heterocycles. The van der Waals surface area contributed by atoms with Gasteiger partial charge in [0.2, 0.25) is 17.7 Å². The Balaban J connectivity index is 1.76. The van der Waals surface area contributed by atoms with Crippen LogP contribution >= 0.6 is 0 Å². The molecule has 0 bridgehead atoms. The number of ether oxygens (including phenoxy) is 2. The molecule has 3 heterocycles. The molecule has 2 aromatic rings. The van der Waals surface area contributed by atoms with Crippen LogP contribution in [0.4, 0.5) is 0 Å². The van der Waals surface area contributed by atoms with E-state index in [1.54, 1.807) is 35.7 Å². The molecule has 0 saturated heterocycles. The number of pyridine rings is 1. The van der Waals surface area contributed by atoms with Gasteiger partial charge in [-0.25, -0.2) is 4.68 Å². The smallest absolute Gasteiger partial charge is 0.257 e. The summed E-state index contributed by atoms with van der Waals surface area (Å²) in [6, 6.07) is 2.75. The van der Waals surface area contributed by atoms with Crippen LogP contribution in [0.2, 0.25) is 0 Å². The predicted octanol–water partition coefficient (Wildman–Crippen LogP) is 0.153. The highest BCUT2D eigenvalue weighted by Crippen LogP contribution is 2.22. The molecule has 0 aromatic carbocycles. The van der Waals surface area contributed by atoms with Gasteiger partial charge in [0.1, 0.15) is 17.3 Å². The van der Waals surface area contributed by atoms with Gasteiger partial charge in [-0.2, -0.15) is 4.98 Å². The summed E-state index contributed by atoms with van der Waals surface area (Å²) in [6.45, 7) is 2.35. The van der Waals surface area contributed by atoms with Gasteiger partial charge in [-0.1, -0.05) is 5.21 Å². The monoisotopic (exact) mass is 360 g/mol. The molecule has 138 valence electrons. The lowest BCUT2D eigenvalue weighted by molar-refractivity contribution is -0.135. The van der Waals surface area contributed by atoms with Crippen molar-refractivity contribution >= 4 is 11.8 Å². The van der Waals surface area contributed by atoms with E-state index in [1.165, 1.54) is 14.2 Å². The van der Waals surface area contributed by atoms with Gasteiger partial charge in [-0.3, -0.25) is 9.59 Å². The summed E-state index contributed by atoms with van der Waals surface area (Å²) in [7, 11) is 4.65. The minimum absolute atomic E-state index is 0.0213. The van der Waals surface area contributed by atoms with E-state index in [0.29, 0.717) is 18.1 Å². The van der Waals surface area contributed by atoms with Gasteiger partial charge in [0, 0.05) is 13.1 Å². The van der Waals surface area contributed by atoms with Crippen LogP contribution in [0, 0.1) is 0 Å². The number of carbonyl (C=O) groups excluding carboxylic acids is 2. The Morgan fingerprint density at radius 1 is 1.35 bits per heavy atom. The average Bonchev–Trinajstić information content (AvgIpc) is 3.06. The Morgan fingerprint density at radius 3 is 2.81 bits per heavy atom. The fraction of sp³-hybridized carbons (Fsp3) is 0.438. The van der Waals surface area contributed by atoms with Crippen molar-refractivity contribution < 1.29 is 19.1 Å². The maximum absolute atomic E-state index is 12.5. The Bertz CT molecular complexity index is 849. The summed E-state index contributed by atoms with van der Waals surface area (Å²) in [5, 5.41) is 10.9. The van der Waals surface area contributed by atoms with E-state index in [9.17, 15) is 9.59 Å². The topological polar surface area (TPSA) is 111 Å². The Morgan fingerprint density at radius 2 is 2.12 bits per heavy atom. The fourth-order valence-electron chi connectivity index (χ4n) is 2.81. The van der Waals surface area contributed by atoms with Gasteiger partial charge in [-0.15, -0.1) is 5.10 Å². The summed E-state index contributed by atoms with van der Waals surface area (Å²) < 4.78 is 11.8. The first kappa shape index (κ1) is 17.6. The molecule has 0 saturated carbocycles. The molecule has 10 heteroatoms. The second-order valence-electron chi connectivity index (χ2n) is 5.89. The molecule has 0 aliphatic carbocycles. The minimum atomic E-state index is -0.411. The van der Waals surface area contributed by atoms with Crippen molar-refractivity contribution in [3.05, 3.63) is 29.1 Å². The van der Waals surface area contributed by atoms with Crippen LogP contribution in [0.25, 0.3) is 0 Å². The van der Waals surface area contributed by atoms with Crippen LogP contribution in [0.15, 0.2) is 12.1 Å². The van der Waals surface area contributed by atoms with Crippen LogP contribution in [0.1, 0.15) is 34.7 Å². The standard InChI is InChI=1S/C16H20N6O4/c1-9-16(24)21(2)8-12-11(19-20-22(9)12)7-17-14(23)10-5-6-13(25-3)18-15(10)26-4/h5-6,9H,7-8H2,1-4H3,(H,17,23). The third-order valence-corrected chi connectivity index (χ3v) is 4.26. The Hall–Kier alpha value is -3.17. The Kier molecular flexibility index (Phi) is 4.74. The molecule has 1 atom stereocenters. The van der Waals surface area contributed by atoms with Crippen molar-refractivity contribution in [2.24, 2.45) is 0 Å². The number of amides is 2. The number of carbonyl (C=O) groups is 2. The molecule has 0 spiro atoms. The first-order valence-electron chi connectivity index (χ1n) is 8.01. The number of aromatic nitrogens is 4. The first-order valence-corrected chi connectivity index (χ1v) is 8.01. The molecule has 1 aliphatic heterocycles. The number of nitrogens with one attached hydrogen (secondary N) is 1. The zero-order chi connectivity index (χ0) is 18.8. The van der Waals surface area contributed by atoms with Crippen molar-refractivity contribution in [3.8, 4) is 11.8 Å². The number of likely N-dealkylation sites (N-methyl/N-ethyl adjacent to an activating group) is 1. The second-order valence-corrected chi connectivity index (χ2v) is 5.89. The van der Waals surface area contributed by atoms with E-state index in [1.807, 2.05) is 0 Å². The largest absolute Gasteiger partial charge is 0.481 e. The van der Waals surface area contributed by atoms with E-state index in [4.69, 9.17) is 9.47 Å². The zero-order valence-corrected chi connectivity index (χ0v) is 15.0. The first-order chi connectivity index (χ1) is 12.5. The number of fused-ring (bicyclic) bond motifs is 1. The van der Waals surface area contributed by atoms with Gasteiger partial charge < -0.3 is 19.7 Å². The van der Waals surface area contributed by atoms with Crippen molar-refractivity contribution in [1.29, 1.82) is 0 Å². The summed E-state index contributed by atoms with van der Waals surface area (Å²) in [5.41, 5.74) is 1.71. The third-order valence-electron chi connectivity index (χ3n) is 4.26. The summed E-state index contributed by atoms with van der Waals surface area (Å²) in [4.78, 5) is 30.2. The molecule has 26 heavy (non-hydrogen) atoms. The van der Waals surface area contributed by atoms with Crippen molar-refractivity contribution in [1.82, 2.24) is 30.2 Å². The second kappa shape index (κ2) is 6.98. The van der Waals surface area contributed by atoms with Crippen LogP contribution in [-0.4, -0.2) is 58.0 Å². The number of rotatable bonds is 5. The average molecular weight is 360 g/mol. The lowest BCUT2D eigenvalue weighted by Gasteiger charge is -2.28. The molecule has 3 rings (SSSR count). The molecule has 2 amide bonds. The molecule has 1 N–H and O–H groups in total. The van der Waals surface area contributed by atoms with Gasteiger partial charge >= 0.3 is 0 Å². The van der Waals surface area contributed by atoms with Crippen molar-refractivity contribution in [3.63, 3.8) is 0 Å². The zero-order valence-electron chi connectivity index (χ0n) is 15.0. The maximum atomic E-state index is 12.5. The van der Waals surface area contributed by atoms with E-state index in [0.717, 1.165) is 5.69 Å². The van der Waals surface area contributed by atoms with Gasteiger partial charge in [0.05, 0.1) is 33.0 Å². The minimum Gasteiger partial charge on any atom is -0.481 e. The number of hydrogen-bond donors (Lipinski definition) is 1. The van der Waals surface area contributed by atoms with Crippen LogP contribution < -0.4 is 14.8 Å². The molecule has 0 radical (unpaired) electrons. The SMILES string of the molecule is COc1ccc(C(=O)NCc2nnn3c2CN(C)C(=O)C3C)c(OC)n1. The normalized spacial score (nSPS) is 16.2. The molecule has 1 unspecified atom stereocenters. The molecule has 1 aliphatic rings. The summed E-state index contributed by atoms with van der Waals surface area (Å²) in [6.07, 6.45) is 0. The number of methoxy groups -OCH3 is 2.